The molecule has 2 aromatic heterocycles. The molecule has 0 radical (unpaired) electrons. The van der Waals surface area contributed by atoms with Gasteiger partial charge in [-0.15, -0.1) is 23.2 Å². The summed E-state index contributed by atoms with van der Waals surface area (Å²) in [5.74, 6) is -0.977. The highest BCUT2D eigenvalue weighted by Crippen LogP contribution is 2.30. The Morgan fingerprint density at radius 2 is 1.40 bits per heavy atom. The number of primary amides is 1. The van der Waals surface area contributed by atoms with E-state index in [1.54, 1.807) is 25.7 Å². The SMILES string of the molecule is CCCN(CC(C)(CC)C(=O)N(CC(N)=O)Cc1cn[nH]n1)C(=O)C(C)(C)CN(Cc1cn[nH]n1)C(=O)CNC(=O)CCCc1ccc(N(CCCl)CCCl)cc1. The minimum Gasteiger partial charge on any atom is -0.369 e. The molecule has 314 valence electrons. The van der Waals surface area contributed by atoms with Crippen molar-refractivity contribution < 1.29 is 24.0 Å². The van der Waals surface area contributed by atoms with Gasteiger partial charge in [-0.05, 0) is 64.2 Å². The van der Waals surface area contributed by atoms with Gasteiger partial charge in [0.25, 0.3) is 0 Å². The zero-order valence-electron chi connectivity index (χ0n) is 33.7. The number of H-pyrrole nitrogens is 2. The lowest BCUT2D eigenvalue weighted by Crippen LogP contribution is -2.55. The zero-order valence-corrected chi connectivity index (χ0v) is 35.2. The van der Waals surface area contributed by atoms with Crippen molar-refractivity contribution in [3.05, 3.63) is 53.6 Å². The lowest BCUT2D eigenvalue weighted by molar-refractivity contribution is -0.151. The Kier molecular flexibility index (Phi) is 18.7. The lowest BCUT2D eigenvalue weighted by Gasteiger charge is -2.41. The van der Waals surface area contributed by atoms with Crippen molar-refractivity contribution in [2.75, 3.05) is 62.5 Å². The van der Waals surface area contributed by atoms with Crippen molar-refractivity contribution in [1.29, 1.82) is 0 Å². The molecule has 57 heavy (non-hydrogen) atoms. The van der Waals surface area contributed by atoms with Crippen LogP contribution in [0.2, 0.25) is 0 Å². The Balaban J connectivity index is 1.67. The summed E-state index contributed by atoms with van der Waals surface area (Å²) >= 11 is 11.9. The van der Waals surface area contributed by atoms with Crippen molar-refractivity contribution in [2.24, 2.45) is 16.6 Å². The van der Waals surface area contributed by atoms with Crippen molar-refractivity contribution in [3.63, 3.8) is 0 Å². The van der Waals surface area contributed by atoms with Gasteiger partial charge in [-0.25, -0.2) is 0 Å². The number of nitrogens with one attached hydrogen (secondary N) is 3. The Morgan fingerprint density at radius 3 is 1.91 bits per heavy atom. The van der Waals surface area contributed by atoms with E-state index in [9.17, 15) is 24.0 Å². The summed E-state index contributed by atoms with van der Waals surface area (Å²) in [5, 5.41) is 23.6. The van der Waals surface area contributed by atoms with E-state index in [-0.39, 0.29) is 63.4 Å². The summed E-state index contributed by atoms with van der Waals surface area (Å²) in [7, 11) is 0. The van der Waals surface area contributed by atoms with Gasteiger partial charge in [-0.1, -0.05) is 26.0 Å². The summed E-state index contributed by atoms with van der Waals surface area (Å²) in [6.07, 6.45) is 5.42. The van der Waals surface area contributed by atoms with Crippen molar-refractivity contribution in [2.45, 2.75) is 79.8 Å². The van der Waals surface area contributed by atoms with Crippen LogP contribution in [0.3, 0.4) is 0 Å². The Bertz CT molecular complexity index is 1700. The molecular weight excluding hydrogens is 775 g/mol. The Labute approximate surface area is 344 Å². The van der Waals surface area contributed by atoms with E-state index in [2.05, 4.69) is 41.0 Å². The van der Waals surface area contributed by atoms with Crippen molar-refractivity contribution >= 4 is 58.4 Å². The van der Waals surface area contributed by atoms with Crippen LogP contribution in [0, 0.1) is 10.8 Å². The third-order valence-corrected chi connectivity index (χ3v) is 10.1. The van der Waals surface area contributed by atoms with Gasteiger partial charge in [0.05, 0.1) is 49.4 Å². The number of nitrogens with zero attached hydrogens (tertiary/aromatic N) is 8. The molecule has 0 aliphatic carbocycles. The number of anilines is 1. The predicted molar refractivity (Wildman–Crippen MR) is 218 cm³/mol. The molecule has 0 bridgehead atoms. The topological polar surface area (TPSA) is 220 Å². The molecule has 17 nitrogen and oxygen atoms in total. The molecule has 0 spiro atoms. The normalized spacial score (nSPS) is 12.4. The number of halogens is 2. The first-order valence-electron chi connectivity index (χ1n) is 19.2. The standard InChI is InChI=1S/C38H58Cl2N12O5/c1-6-17-50(27-38(5,7-2)36(57)51(25-32(41)53)23-29-20-43-47-45-29)35(56)37(3,4)26-52(24-30-21-44-48-46-30)34(55)22-42-33(54)10-8-9-28-11-13-31(14-12-28)49(18-15-39)19-16-40/h11-14,20-21H,6-10,15-19,22-27H2,1-5H3,(H2,41,53)(H,42,54)(H,43,45,47)(H,44,46,48). The molecule has 3 aromatic rings. The highest BCUT2D eigenvalue weighted by Gasteiger charge is 2.42. The van der Waals surface area contributed by atoms with Gasteiger partial charge in [0.15, 0.2) is 0 Å². The van der Waals surface area contributed by atoms with Crippen molar-refractivity contribution in [1.82, 2.24) is 50.8 Å². The van der Waals surface area contributed by atoms with Crippen LogP contribution in [0.25, 0.3) is 0 Å². The van der Waals surface area contributed by atoms with Crippen LogP contribution in [-0.4, -0.2) is 133 Å². The summed E-state index contributed by atoms with van der Waals surface area (Å²) in [6.45, 7) is 10.3. The van der Waals surface area contributed by atoms with E-state index in [4.69, 9.17) is 28.9 Å². The second-order valence-electron chi connectivity index (χ2n) is 15.0. The molecule has 3 rings (SSSR count). The maximum atomic E-state index is 14.4. The van der Waals surface area contributed by atoms with Crippen LogP contribution in [0.15, 0.2) is 36.7 Å². The van der Waals surface area contributed by atoms with E-state index >= 15 is 0 Å². The van der Waals surface area contributed by atoms with Crippen LogP contribution in [0.1, 0.15) is 77.3 Å². The number of benzene rings is 1. The van der Waals surface area contributed by atoms with Gasteiger partial charge in [0, 0.05) is 56.6 Å². The first-order valence-corrected chi connectivity index (χ1v) is 20.3. The monoisotopic (exact) mass is 832 g/mol. The van der Waals surface area contributed by atoms with Crippen molar-refractivity contribution in [3.8, 4) is 0 Å². The van der Waals surface area contributed by atoms with E-state index < -0.39 is 22.6 Å². The number of amides is 5. The number of aromatic nitrogens is 6. The van der Waals surface area contributed by atoms with Gasteiger partial charge >= 0.3 is 0 Å². The molecule has 1 atom stereocenters. The first kappa shape index (κ1) is 46.6. The molecule has 0 fully saturated rings. The van der Waals surface area contributed by atoms with E-state index in [0.717, 1.165) is 11.3 Å². The molecule has 0 aliphatic rings. The van der Waals surface area contributed by atoms with Crippen LogP contribution >= 0.6 is 23.2 Å². The summed E-state index contributed by atoms with van der Waals surface area (Å²) in [5.41, 5.74) is 6.36. The third kappa shape index (κ3) is 14.6. The fourth-order valence-electron chi connectivity index (χ4n) is 6.52. The number of aromatic amines is 2. The molecule has 0 aliphatic heterocycles. The minimum atomic E-state index is -1.12. The molecule has 5 amide bonds. The Hall–Kier alpha value is -4.77. The number of carbonyl (C=O) groups is 5. The number of nitrogens with two attached hydrogens (primary N) is 1. The van der Waals surface area contributed by atoms with Crippen LogP contribution < -0.4 is 16.0 Å². The number of alkyl halides is 2. The minimum absolute atomic E-state index is 0.00638. The molecule has 2 heterocycles. The number of aryl methyl sites for hydroxylation is 1. The summed E-state index contributed by atoms with van der Waals surface area (Å²) in [4.78, 5) is 73.6. The molecule has 0 saturated carbocycles. The predicted octanol–water partition coefficient (Wildman–Crippen LogP) is 2.87. The fourth-order valence-corrected chi connectivity index (χ4v) is 6.93. The highest BCUT2D eigenvalue weighted by atomic mass is 35.5. The molecule has 5 N–H and O–H groups in total. The smallest absolute Gasteiger partial charge is 0.242 e. The van der Waals surface area contributed by atoms with Gasteiger partial charge in [0.2, 0.25) is 29.5 Å². The molecule has 0 saturated heterocycles. The first-order chi connectivity index (χ1) is 27.2. The van der Waals surface area contributed by atoms with Gasteiger partial charge in [-0.2, -0.15) is 30.8 Å². The second kappa shape index (κ2) is 22.8. The van der Waals surface area contributed by atoms with Gasteiger partial charge in [0.1, 0.15) is 11.4 Å². The van der Waals surface area contributed by atoms with Gasteiger partial charge in [-0.3, -0.25) is 24.0 Å². The third-order valence-electron chi connectivity index (χ3n) is 9.72. The number of carbonyl (C=O) groups excluding carboxylic acids is 5. The maximum Gasteiger partial charge on any atom is 0.242 e. The zero-order chi connectivity index (χ0) is 42.0. The molecule has 19 heteroatoms. The largest absolute Gasteiger partial charge is 0.369 e. The number of hydrogen-bond donors (Lipinski definition) is 4. The molecular formula is C38H58Cl2N12O5. The lowest BCUT2D eigenvalue weighted by atomic mass is 9.83. The summed E-state index contributed by atoms with van der Waals surface area (Å²) < 4.78 is 0. The van der Waals surface area contributed by atoms with Gasteiger partial charge < -0.3 is 30.7 Å². The maximum absolute atomic E-state index is 14.4. The average molecular weight is 834 g/mol. The van der Waals surface area contributed by atoms with Crippen LogP contribution in [-0.2, 0) is 43.5 Å². The molecule has 1 unspecified atom stereocenters. The number of hydrogen-bond acceptors (Lipinski definition) is 10. The van der Waals surface area contributed by atoms with Crippen LogP contribution in [0.5, 0.6) is 0 Å². The number of rotatable bonds is 26. The quantitative estimate of drug-likeness (QED) is 0.0867. The van der Waals surface area contributed by atoms with Crippen LogP contribution in [0.4, 0.5) is 5.69 Å². The van der Waals surface area contributed by atoms with E-state index in [1.807, 2.05) is 38.1 Å². The Morgan fingerprint density at radius 1 is 0.807 bits per heavy atom. The second-order valence-corrected chi connectivity index (χ2v) is 15.7. The highest BCUT2D eigenvalue weighted by molar-refractivity contribution is 6.18. The van der Waals surface area contributed by atoms with E-state index in [0.29, 0.717) is 68.5 Å². The fraction of sp³-hybridized carbons (Fsp3) is 0.605. The average Bonchev–Trinajstić information content (AvgIpc) is 3.90. The van der Waals surface area contributed by atoms with E-state index in [1.165, 1.54) is 22.2 Å². The molecule has 1 aromatic carbocycles. The summed E-state index contributed by atoms with van der Waals surface area (Å²) in [6, 6.07) is 8.10.